The lowest BCUT2D eigenvalue weighted by Crippen LogP contribution is -2.31. The van der Waals surface area contributed by atoms with Gasteiger partial charge >= 0.3 is 0 Å². The Labute approximate surface area is 172 Å². The summed E-state index contributed by atoms with van der Waals surface area (Å²) in [5.74, 6) is -2.81. The standard InChI is InChI=1S/C22H21F2N3O3/c1-14(19(28)13-15-7-9-16(10-8-15)22(2,23)24)27-21(29)12-11-18(26-27)17-5-4-6-20(25-17)30-3/h4-12,14H,13H2,1-3H3. The first-order valence-corrected chi connectivity index (χ1v) is 9.30. The molecule has 0 amide bonds. The van der Waals surface area contributed by atoms with E-state index in [2.05, 4.69) is 10.1 Å². The number of nitrogens with zero attached hydrogens (tertiary/aromatic N) is 3. The van der Waals surface area contributed by atoms with E-state index in [0.717, 1.165) is 11.6 Å². The van der Waals surface area contributed by atoms with Gasteiger partial charge in [-0.1, -0.05) is 30.3 Å². The molecule has 0 aliphatic rings. The molecule has 0 saturated carbocycles. The van der Waals surface area contributed by atoms with Gasteiger partial charge in [-0.05, 0) is 24.6 Å². The van der Waals surface area contributed by atoms with Crippen LogP contribution in [-0.4, -0.2) is 27.7 Å². The second-order valence-electron chi connectivity index (χ2n) is 6.97. The molecule has 2 heterocycles. The first kappa shape index (κ1) is 21.3. The van der Waals surface area contributed by atoms with Crippen LogP contribution in [0.5, 0.6) is 5.88 Å². The van der Waals surface area contributed by atoms with E-state index in [4.69, 9.17) is 4.74 Å². The van der Waals surface area contributed by atoms with Crippen molar-refractivity contribution in [1.29, 1.82) is 0 Å². The number of carbonyl (C=O) groups is 1. The zero-order valence-corrected chi connectivity index (χ0v) is 16.8. The number of Topliss-reactive ketones (excluding diaryl/α,β-unsaturated/α-hetero) is 1. The molecule has 0 radical (unpaired) electrons. The predicted molar refractivity (Wildman–Crippen MR) is 108 cm³/mol. The summed E-state index contributed by atoms with van der Waals surface area (Å²) in [5.41, 5.74) is 0.951. The van der Waals surface area contributed by atoms with E-state index in [1.165, 1.54) is 43.5 Å². The fourth-order valence-corrected chi connectivity index (χ4v) is 2.91. The van der Waals surface area contributed by atoms with E-state index < -0.39 is 17.5 Å². The van der Waals surface area contributed by atoms with Crippen LogP contribution in [0.2, 0.25) is 0 Å². The third kappa shape index (κ3) is 4.76. The van der Waals surface area contributed by atoms with Crippen LogP contribution >= 0.6 is 0 Å². The Morgan fingerprint density at radius 2 is 1.80 bits per heavy atom. The van der Waals surface area contributed by atoms with Gasteiger partial charge in [0.1, 0.15) is 11.7 Å². The van der Waals surface area contributed by atoms with Crippen molar-refractivity contribution in [3.63, 3.8) is 0 Å². The number of hydrogen-bond acceptors (Lipinski definition) is 5. The van der Waals surface area contributed by atoms with Crippen molar-refractivity contribution in [2.45, 2.75) is 32.2 Å². The molecule has 0 spiro atoms. The van der Waals surface area contributed by atoms with Crippen molar-refractivity contribution in [2.75, 3.05) is 7.11 Å². The maximum absolute atomic E-state index is 13.3. The monoisotopic (exact) mass is 413 g/mol. The maximum atomic E-state index is 13.3. The lowest BCUT2D eigenvalue weighted by Gasteiger charge is -2.15. The highest BCUT2D eigenvalue weighted by atomic mass is 19.3. The number of pyridine rings is 1. The number of alkyl halides is 2. The fraction of sp³-hybridized carbons (Fsp3) is 0.273. The number of hydrogen-bond donors (Lipinski definition) is 0. The van der Waals surface area contributed by atoms with Gasteiger partial charge in [0.25, 0.3) is 11.5 Å². The Hall–Kier alpha value is -3.42. The average Bonchev–Trinajstić information content (AvgIpc) is 2.73. The van der Waals surface area contributed by atoms with Gasteiger partial charge in [0, 0.05) is 31.0 Å². The van der Waals surface area contributed by atoms with Crippen molar-refractivity contribution < 1.29 is 18.3 Å². The van der Waals surface area contributed by atoms with Gasteiger partial charge < -0.3 is 4.74 Å². The minimum absolute atomic E-state index is 0.00745. The molecule has 0 N–H and O–H groups in total. The van der Waals surface area contributed by atoms with Gasteiger partial charge in [0.05, 0.1) is 12.8 Å². The van der Waals surface area contributed by atoms with Crippen LogP contribution in [0.3, 0.4) is 0 Å². The SMILES string of the molecule is COc1cccc(-c2ccc(=O)n(C(C)C(=O)Cc3ccc(C(C)(F)F)cc3)n2)n1. The van der Waals surface area contributed by atoms with Crippen LogP contribution in [0.15, 0.2) is 59.4 Å². The third-order valence-corrected chi connectivity index (χ3v) is 4.69. The zero-order chi connectivity index (χ0) is 21.9. The predicted octanol–water partition coefficient (Wildman–Crippen LogP) is 3.80. The van der Waals surface area contributed by atoms with Crippen LogP contribution < -0.4 is 10.3 Å². The van der Waals surface area contributed by atoms with Gasteiger partial charge in [-0.3, -0.25) is 9.59 Å². The normalized spacial score (nSPS) is 12.4. The third-order valence-electron chi connectivity index (χ3n) is 4.69. The molecule has 0 aliphatic carbocycles. The number of aromatic nitrogens is 3. The quantitative estimate of drug-likeness (QED) is 0.589. The zero-order valence-electron chi connectivity index (χ0n) is 16.8. The average molecular weight is 413 g/mol. The van der Waals surface area contributed by atoms with Crippen LogP contribution in [0, 0.1) is 0 Å². The Morgan fingerprint density at radius 3 is 2.43 bits per heavy atom. The molecule has 0 aliphatic heterocycles. The molecule has 1 atom stereocenters. The number of rotatable bonds is 7. The van der Waals surface area contributed by atoms with E-state index in [1.54, 1.807) is 25.1 Å². The largest absolute Gasteiger partial charge is 0.481 e. The van der Waals surface area contributed by atoms with Gasteiger partial charge in [0.2, 0.25) is 5.88 Å². The van der Waals surface area contributed by atoms with Gasteiger partial charge in [-0.2, -0.15) is 5.10 Å². The minimum atomic E-state index is -2.94. The molecular formula is C22H21F2N3O3. The first-order chi connectivity index (χ1) is 14.2. The van der Waals surface area contributed by atoms with Crippen molar-refractivity contribution in [1.82, 2.24) is 14.8 Å². The fourth-order valence-electron chi connectivity index (χ4n) is 2.91. The van der Waals surface area contributed by atoms with Gasteiger partial charge in [-0.25, -0.2) is 18.4 Å². The smallest absolute Gasteiger partial charge is 0.270 e. The maximum Gasteiger partial charge on any atom is 0.270 e. The topological polar surface area (TPSA) is 74.1 Å². The molecule has 1 unspecified atom stereocenters. The Balaban J connectivity index is 1.82. The summed E-state index contributed by atoms with van der Waals surface area (Å²) in [6.45, 7) is 2.39. The Kier molecular flexibility index (Phi) is 6.05. The summed E-state index contributed by atoms with van der Waals surface area (Å²) in [4.78, 5) is 29.3. The summed E-state index contributed by atoms with van der Waals surface area (Å²) >= 11 is 0. The lowest BCUT2D eigenvalue weighted by atomic mass is 10.0. The van der Waals surface area contributed by atoms with Gasteiger partial charge in [-0.15, -0.1) is 0 Å². The molecule has 3 aromatic rings. The van der Waals surface area contributed by atoms with Crippen LogP contribution in [0.1, 0.15) is 31.0 Å². The molecule has 30 heavy (non-hydrogen) atoms. The van der Waals surface area contributed by atoms with Crippen molar-refractivity contribution in [2.24, 2.45) is 0 Å². The van der Waals surface area contributed by atoms with Crippen LogP contribution in [-0.2, 0) is 17.1 Å². The van der Waals surface area contributed by atoms with Crippen molar-refractivity contribution >= 4 is 5.78 Å². The molecule has 6 nitrogen and oxygen atoms in total. The number of halogens is 2. The number of methoxy groups -OCH3 is 1. The summed E-state index contributed by atoms with van der Waals surface area (Å²) in [6.07, 6.45) is -0.00745. The molecule has 156 valence electrons. The molecule has 3 rings (SSSR count). The lowest BCUT2D eigenvalue weighted by molar-refractivity contribution is -0.121. The first-order valence-electron chi connectivity index (χ1n) is 9.30. The molecule has 0 fully saturated rings. The Bertz CT molecular complexity index is 1110. The molecule has 0 saturated heterocycles. The molecule has 0 bridgehead atoms. The number of ether oxygens (including phenoxy) is 1. The summed E-state index contributed by atoms with van der Waals surface area (Å²) in [7, 11) is 1.50. The van der Waals surface area contributed by atoms with E-state index in [1.807, 2.05) is 0 Å². The highest BCUT2D eigenvalue weighted by Gasteiger charge is 2.24. The molecule has 1 aromatic carbocycles. The van der Waals surface area contributed by atoms with Crippen molar-refractivity contribution in [3.05, 3.63) is 76.1 Å². The molecule has 8 heteroatoms. The number of benzene rings is 1. The minimum Gasteiger partial charge on any atom is -0.481 e. The molecular weight excluding hydrogens is 392 g/mol. The molecule has 2 aromatic heterocycles. The van der Waals surface area contributed by atoms with Crippen molar-refractivity contribution in [3.8, 4) is 17.3 Å². The van der Waals surface area contributed by atoms with E-state index in [9.17, 15) is 18.4 Å². The van der Waals surface area contributed by atoms with E-state index in [0.29, 0.717) is 22.8 Å². The summed E-state index contributed by atoms with van der Waals surface area (Å²) < 4.78 is 32.9. The highest BCUT2D eigenvalue weighted by molar-refractivity contribution is 5.84. The highest BCUT2D eigenvalue weighted by Crippen LogP contribution is 2.27. The summed E-state index contributed by atoms with van der Waals surface area (Å²) in [5, 5.41) is 4.29. The number of carbonyl (C=O) groups excluding carboxylic acids is 1. The van der Waals surface area contributed by atoms with Crippen LogP contribution in [0.25, 0.3) is 11.4 Å². The summed E-state index contributed by atoms with van der Waals surface area (Å²) in [6, 6.07) is 12.7. The van der Waals surface area contributed by atoms with Gasteiger partial charge in [0.15, 0.2) is 5.78 Å². The van der Waals surface area contributed by atoms with E-state index in [-0.39, 0.29) is 17.8 Å². The van der Waals surface area contributed by atoms with Crippen LogP contribution in [0.4, 0.5) is 8.78 Å². The van der Waals surface area contributed by atoms with E-state index >= 15 is 0 Å². The second kappa shape index (κ2) is 8.52. The Morgan fingerprint density at radius 1 is 1.10 bits per heavy atom. The second-order valence-corrected chi connectivity index (χ2v) is 6.97. The number of ketones is 1.